The number of nitrogens with zero attached hydrogens (tertiary/aromatic N) is 4. The van der Waals surface area contributed by atoms with Crippen LogP contribution in [0.4, 0.5) is 0 Å². The Morgan fingerprint density at radius 2 is 2.26 bits per heavy atom. The van der Waals surface area contributed by atoms with E-state index in [2.05, 4.69) is 23.3 Å². The van der Waals surface area contributed by atoms with Gasteiger partial charge in [-0.15, -0.1) is 0 Å². The molecular formula is C12H22N4OS2. The van der Waals surface area contributed by atoms with Gasteiger partial charge in [0.05, 0.1) is 6.67 Å². The molecule has 7 heteroatoms. The van der Waals surface area contributed by atoms with Crippen molar-refractivity contribution < 1.29 is 5.11 Å². The van der Waals surface area contributed by atoms with Crippen LogP contribution in [0, 0.1) is 4.77 Å². The standard InChI is InChI=1S/C12H22N4OS2/c1-14(9-5-4-6-10(9)19-3)8-16-12(18)15(2)11(7-17)13-16/h9-10,17H,4-8H2,1-3H3. The molecule has 1 aromatic rings. The summed E-state index contributed by atoms with van der Waals surface area (Å²) >= 11 is 7.31. The third-order valence-electron chi connectivity index (χ3n) is 3.92. The second-order valence-electron chi connectivity index (χ2n) is 5.09. The summed E-state index contributed by atoms with van der Waals surface area (Å²) < 4.78 is 4.23. The van der Waals surface area contributed by atoms with Gasteiger partial charge < -0.3 is 9.67 Å². The Balaban J connectivity index is 2.10. The average Bonchev–Trinajstić information content (AvgIpc) is 2.98. The Labute approximate surface area is 123 Å². The predicted molar refractivity (Wildman–Crippen MR) is 80.7 cm³/mol. The second kappa shape index (κ2) is 6.39. The normalized spacial score (nSPS) is 23.4. The van der Waals surface area contributed by atoms with Crippen molar-refractivity contribution in [2.24, 2.45) is 7.05 Å². The van der Waals surface area contributed by atoms with Gasteiger partial charge in [0.25, 0.3) is 0 Å². The van der Waals surface area contributed by atoms with Gasteiger partial charge in [-0.3, -0.25) is 4.90 Å². The summed E-state index contributed by atoms with van der Waals surface area (Å²) in [5.74, 6) is 0.617. The van der Waals surface area contributed by atoms with Crippen molar-refractivity contribution in [3.8, 4) is 0 Å². The third kappa shape index (κ3) is 3.04. The van der Waals surface area contributed by atoms with E-state index < -0.39 is 0 Å². The van der Waals surface area contributed by atoms with Crippen LogP contribution in [-0.2, 0) is 20.3 Å². The summed E-state index contributed by atoms with van der Waals surface area (Å²) in [5.41, 5.74) is 0. The summed E-state index contributed by atoms with van der Waals surface area (Å²) in [4.78, 5) is 2.33. The maximum atomic E-state index is 9.22. The Morgan fingerprint density at radius 1 is 1.53 bits per heavy atom. The molecule has 19 heavy (non-hydrogen) atoms. The lowest BCUT2D eigenvalue weighted by molar-refractivity contribution is 0.186. The number of aliphatic hydroxyl groups excluding tert-OH is 1. The molecule has 2 atom stereocenters. The summed E-state index contributed by atoms with van der Waals surface area (Å²) in [6.45, 7) is 0.613. The molecule has 0 bridgehead atoms. The first-order chi connectivity index (χ1) is 9.08. The molecule has 1 aromatic heterocycles. The number of aromatic nitrogens is 3. The van der Waals surface area contributed by atoms with E-state index in [1.807, 2.05) is 18.8 Å². The van der Waals surface area contributed by atoms with Crippen LogP contribution >= 0.6 is 24.0 Å². The first-order valence-corrected chi connectivity index (χ1v) is 8.24. The predicted octanol–water partition coefficient (Wildman–Crippen LogP) is 1.62. The maximum absolute atomic E-state index is 9.22. The molecule has 1 N–H and O–H groups in total. The van der Waals surface area contributed by atoms with Crippen LogP contribution in [0.25, 0.3) is 0 Å². The number of aliphatic hydroxyl groups is 1. The molecular weight excluding hydrogens is 280 g/mol. The number of hydrogen-bond acceptors (Lipinski definition) is 5. The van der Waals surface area contributed by atoms with Crippen LogP contribution in [0.15, 0.2) is 0 Å². The van der Waals surface area contributed by atoms with E-state index in [4.69, 9.17) is 12.2 Å². The zero-order valence-corrected chi connectivity index (χ0v) is 13.4. The summed E-state index contributed by atoms with van der Waals surface area (Å²) in [6, 6.07) is 0.594. The first-order valence-electron chi connectivity index (χ1n) is 6.55. The Hall–Kier alpha value is -0.370. The number of hydrogen-bond donors (Lipinski definition) is 1. The number of thioether (sulfide) groups is 1. The van der Waals surface area contributed by atoms with Gasteiger partial charge >= 0.3 is 0 Å². The fraction of sp³-hybridized carbons (Fsp3) is 0.833. The fourth-order valence-corrected chi connectivity index (χ4v) is 4.03. The van der Waals surface area contributed by atoms with Gasteiger partial charge in [0.2, 0.25) is 0 Å². The Kier molecular flexibility index (Phi) is 5.05. The highest BCUT2D eigenvalue weighted by molar-refractivity contribution is 7.99. The van der Waals surface area contributed by atoms with Crippen molar-refractivity contribution in [3.63, 3.8) is 0 Å². The van der Waals surface area contributed by atoms with Crippen molar-refractivity contribution in [1.82, 2.24) is 19.2 Å². The lowest BCUT2D eigenvalue weighted by Gasteiger charge is -2.28. The molecule has 2 unspecified atom stereocenters. The molecule has 0 aromatic carbocycles. The molecule has 0 amide bonds. The van der Waals surface area contributed by atoms with E-state index in [1.165, 1.54) is 19.3 Å². The van der Waals surface area contributed by atoms with Crippen LogP contribution in [0.5, 0.6) is 0 Å². The van der Waals surface area contributed by atoms with Gasteiger partial charge in [0.1, 0.15) is 6.61 Å². The highest BCUT2D eigenvalue weighted by atomic mass is 32.2. The van der Waals surface area contributed by atoms with Gasteiger partial charge in [0, 0.05) is 18.3 Å². The second-order valence-corrected chi connectivity index (χ2v) is 6.53. The summed E-state index contributed by atoms with van der Waals surface area (Å²) in [6.07, 6.45) is 6.03. The minimum atomic E-state index is -0.0757. The third-order valence-corrected chi connectivity index (χ3v) is 5.56. The molecule has 5 nitrogen and oxygen atoms in total. The van der Waals surface area contributed by atoms with Crippen LogP contribution in [0.3, 0.4) is 0 Å². The minimum absolute atomic E-state index is 0.0757. The molecule has 1 fully saturated rings. The summed E-state index contributed by atoms with van der Waals surface area (Å²) in [5, 5.41) is 14.3. The molecule has 1 aliphatic rings. The molecule has 0 saturated heterocycles. The van der Waals surface area contributed by atoms with Crippen LogP contribution in [0.1, 0.15) is 25.1 Å². The van der Waals surface area contributed by atoms with E-state index in [0.29, 0.717) is 28.6 Å². The monoisotopic (exact) mass is 302 g/mol. The van der Waals surface area contributed by atoms with Gasteiger partial charge in [0.15, 0.2) is 10.6 Å². The summed E-state index contributed by atoms with van der Waals surface area (Å²) in [7, 11) is 3.98. The van der Waals surface area contributed by atoms with Gasteiger partial charge in [-0.25, -0.2) is 4.68 Å². The van der Waals surface area contributed by atoms with Crippen molar-refractivity contribution in [1.29, 1.82) is 0 Å². The molecule has 2 rings (SSSR count). The topological polar surface area (TPSA) is 46.2 Å². The van der Waals surface area contributed by atoms with Gasteiger partial charge in [-0.1, -0.05) is 6.42 Å². The van der Waals surface area contributed by atoms with Crippen molar-refractivity contribution in [2.45, 2.75) is 43.8 Å². The molecule has 1 saturated carbocycles. The van der Waals surface area contributed by atoms with E-state index in [0.717, 1.165) is 0 Å². The van der Waals surface area contributed by atoms with Crippen LogP contribution in [-0.4, -0.2) is 48.9 Å². The Bertz CT molecular complexity index is 485. The largest absolute Gasteiger partial charge is 0.388 e. The molecule has 1 aliphatic carbocycles. The number of rotatable bonds is 5. The van der Waals surface area contributed by atoms with Crippen molar-refractivity contribution in [2.75, 3.05) is 13.3 Å². The molecule has 0 radical (unpaired) electrons. The fourth-order valence-electron chi connectivity index (χ4n) is 2.76. The molecule has 0 aliphatic heterocycles. The average molecular weight is 302 g/mol. The van der Waals surface area contributed by atoms with E-state index in [1.54, 1.807) is 9.25 Å². The molecule has 108 valence electrons. The van der Waals surface area contributed by atoms with Crippen molar-refractivity contribution >= 4 is 24.0 Å². The zero-order valence-electron chi connectivity index (χ0n) is 11.7. The smallest absolute Gasteiger partial charge is 0.198 e. The van der Waals surface area contributed by atoms with Crippen LogP contribution in [0.2, 0.25) is 0 Å². The lowest BCUT2D eigenvalue weighted by Crippen LogP contribution is -2.37. The van der Waals surface area contributed by atoms with E-state index >= 15 is 0 Å². The Morgan fingerprint density at radius 3 is 2.84 bits per heavy atom. The zero-order chi connectivity index (χ0) is 14.0. The van der Waals surface area contributed by atoms with E-state index in [-0.39, 0.29) is 6.61 Å². The van der Waals surface area contributed by atoms with Gasteiger partial charge in [-0.2, -0.15) is 16.9 Å². The quantitative estimate of drug-likeness (QED) is 0.838. The highest BCUT2D eigenvalue weighted by Crippen LogP contribution is 2.31. The SMILES string of the molecule is CSC1CCCC1N(C)Cn1nc(CO)n(C)c1=S. The lowest BCUT2D eigenvalue weighted by atomic mass is 10.2. The van der Waals surface area contributed by atoms with E-state index in [9.17, 15) is 5.11 Å². The van der Waals surface area contributed by atoms with Gasteiger partial charge in [-0.05, 0) is 38.4 Å². The minimum Gasteiger partial charge on any atom is -0.388 e. The van der Waals surface area contributed by atoms with Crippen molar-refractivity contribution in [3.05, 3.63) is 10.6 Å². The highest BCUT2D eigenvalue weighted by Gasteiger charge is 2.30. The molecule has 0 spiro atoms. The maximum Gasteiger partial charge on any atom is 0.198 e. The first kappa shape index (κ1) is 15.0. The van der Waals surface area contributed by atoms with Crippen LogP contribution < -0.4 is 0 Å². The molecule has 1 heterocycles.